The topological polar surface area (TPSA) is 0 Å². The first kappa shape index (κ1) is 10.5. The van der Waals surface area contributed by atoms with Gasteiger partial charge in [0.2, 0.25) is 0 Å². The maximum absolute atomic E-state index is 13.3. The van der Waals surface area contributed by atoms with E-state index < -0.39 is 0 Å². The maximum Gasteiger partial charge on any atom is 0.126 e. The van der Waals surface area contributed by atoms with Crippen LogP contribution in [0.2, 0.25) is 5.02 Å². The lowest BCUT2D eigenvalue weighted by atomic mass is 9.90. The second-order valence-electron chi connectivity index (χ2n) is 3.70. The molecule has 0 N–H and O–H groups in total. The molecule has 13 heavy (non-hydrogen) atoms. The summed E-state index contributed by atoms with van der Waals surface area (Å²) in [5.74, 6) is 0.470. The van der Waals surface area contributed by atoms with Crippen molar-refractivity contribution in [2.24, 2.45) is 5.92 Å². The van der Waals surface area contributed by atoms with Crippen LogP contribution in [0, 0.1) is 11.7 Å². The Morgan fingerprint density at radius 2 is 1.85 bits per heavy atom. The second kappa shape index (κ2) is 4.10. The van der Waals surface area contributed by atoms with Crippen LogP contribution in [0.15, 0.2) is 18.2 Å². The lowest BCUT2D eigenvalue weighted by Gasteiger charge is -2.16. The molecule has 2 heteroatoms. The molecule has 0 aliphatic carbocycles. The lowest BCUT2D eigenvalue weighted by Crippen LogP contribution is -2.04. The summed E-state index contributed by atoms with van der Waals surface area (Å²) in [6, 6.07) is 4.71. The van der Waals surface area contributed by atoms with E-state index in [1.807, 2.05) is 6.92 Å². The number of rotatable bonds is 2. The summed E-state index contributed by atoms with van der Waals surface area (Å²) in [6.45, 7) is 6.16. The molecule has 0 aromatic heterocycles. The average molecular weight is 201 g/mol. The van der Waals surface area contributed by atoms with E-state index in [1.165, 1.54) is 6.07 Å². The van der Waals surface area contributed by atoms with E-state index in [1.54, 1.807) is 12.1 Å². The molecule has 1 aromatic carbocycles. The van der Waals surface area contributed by atoms with Crippen LogP contribution < -0.4 is 0 Å². The molecule has 1 rings (SSSR count). The van der Waals surface area contributed by atoms with Gasteiger partial charge in [0.15, 0.2) is 0 Å². The fourth-order valence-electron chi connectivity index (χ4n) is 1.22. The van der Waals surface area contributed by atoms with Crippen molar-refractivity contribution in [3.63, 3.8) is 0 Å². The minimum atomic E-state index is -0.161. The van der Waals surface area contributed by atoms with Crippen molar-refractivity contribution < 1.29 is 4.39 Å². The Balaban J connectivity index is 3.05. The molecule has 0 nitrogen and oxygen atoms in total. The average Bonchev–Trinajstić information content (AvgIpc) is 2.08. The first-order valence-corrected chi connectivity index (χ1v) is 4.85. The molecule has 0 saturated heterocycles. The van der Waals surface area contributed by atoms with Gasteiger partial charge >= 0.3 is 0 Å². The summed E-state index contributed by atoms with van der Waals surface area (Å²) in [6.07, 6.45) is 0. The van der Waals surface area contributed by atoms with Crippen molar-refractivity contribution in [3.05, 3.63) is 34.6 Å². The smallest absolute Gasteiger partial charge is 0.126 e. The van der Waals surface area contributed by atoms with Crippen LogP contribution in [0.3, 0.4) is 0 Å². The van der Waals surface area contributed by atoms with Gasteiger partial charge in [0.05, 0.1) is 0 Å². The van der Waals surface area contributed by atoms with Crippen molar-refractivity contribution in [2.75, 3.05) is 0 Å². The van der Waals surface area contributed by atoms with Gasteiger partial charge in [-0.3, -0.25) is 0 Å². The van der Waals surface area contributed by atoms with Crippen LogP contribution in [0.4, 0.5) is 4.39 Å². The number of hydrogen-bond donors (Lipinski definition) is 0. The van der Waals surface area contributed by atoms with Crippen LogP contribution in [0.5, 0.6) is 0 Å². The minimum Gasteiger partial charge on any atom is -0.207 e. The molecule has 0 amide bonds. The van der Waals surface area contributed by atoms with Gasteiger partial charge in [-0.05, 0) is 35.6 Å². The van der Waals surface area contributed by atoms with Gasteiger partial charge < -0.3 is 0 Å². The second-order valence-corrected chi connectivity index (χ2v) is 4.13. The SMILES string of the molecule is CC(C)C(C)c1cc(Cl)ccc1F. The molecule has 0 aliphatic rings. The first-order chi connectivity index (χ1) is 6.02. The Labute approximate surface area is 83.7 Å². The number of halogens is 2. The zero-order valence-electron chi connectivity index (χ0n) is 8.14. The molecule has 1 aromatic rings. The van der Waals surface area contributed by atoms with Crippen LogP contribution in [-0.2, 0) is 0 Å². The number of hydrogen-bond acceptors (Lipinski definition) is 0. The van der Waals surface area contributed by atoms with E-state index in [0.717, 1.165) is 0 Å². The molecule has 72 valence electrons. The summed E-state index contributed by atoms with van der Waals surface area (Å²) >= 11 is 5.80. The van der Waals surface area contributed by atoms with Crippen LogP contribution in [0.1, 0.15) is 32.3 Å². The third kappa shape index (κ3) is 2.44. The maximum atomic E-state index is 13.3. The third-order valence-electron chi connectivity index (χ3n) is 2.45. The van der Waals surface area contributed by atoms with Crippen molar-refractivity contribution in [1.82, 2.24) is 0 Å². The third-order valence-corrected chi connectivity index (χ3v) is 2.68. The van der Waals surface area contributed by atoms with Crippen molar-refractivity contribution in [2.45, 2.75) is 26.7 Å². The van der Waals surface area contributed by atoms with Crippen molar-refractivity contribution in [1.29, 1.82) is 0 Å². The molecule has 0 bridgehead atoms. The van der Waals surface area contributed by atoms with Gasteiger partial charge in [-0.2, -0.15) is 0 Å². The van der Waals surface area contributed by atoms with Gasteiger partial charge in [-0.15, -0.1) is 0 Å². The van der Waals surface area contributed by atoms with Gasteiger partial charge in [-0.25, -0.2) is 4.39 Å². The monoisotopic (exact) mass is 200 g/mol. The molecule has 0 fully saturated rings. The Hall–Kier alpha value is -0.560. The molecule has 0 heterocycles. The zero-order chi connectivity index (χ0) is 10.0. The predicted molar refractivity (Wildman–Crippen MR) is 54.7 cm³/mol. The molecule has 0 aliphatic heterocycles. The molecular formula is C11H14ClF. The highest BCUT2D eigenvalue weighted by molar-refractivity contribution is 6.30. The summed E-state index contributed by atoms with van der Waals surface area (Å²) < 4.78 is 13.3. The van der Waals surface area contributed by atoms with Crippen LogP contribution in [-0.4, -0.2) is 0 Å². The molecule has 0 radical (unpaired) electrons. The molecule has 1 atom stereocenters. The highest BCUT2D eigenvalue weighted by atomic mass is 35.5. The lowest BCUT2D eigenvalue weighted by molar-refractivity contribution is 0.501. The fourth-order valence-corrected chi connectivity index (χ4v) is 1.40. The Kier molecular flexibility index (Phi) is 3.32. The van der Waals surface area contributed by atoms with Crippen molar-refractivity contribution >= 4 is 11.6 Å². The zero-order valence-corrected chi connectivity index (χ0v) is 8.90. The van der Waals surface area contributed by atoms with E-state index >= 15 is 0 Å². The van der Waals surface area contributed by atoms with E-state index in [2.05, 4.69) is 13.8 Å². The Morgan fingerprint density at radius 3 is 2.38 bits per heavy atom. The van der Waals surface area contributed by atoms with E-state index in [9.17, 15) is 4.39 Å². The van der Waals surface area contributed by atoms with Gasteiger partial charge in [-0.1, -0.05) is 32.4 Å². The minimum absolute atomic E-state index is 0.161. The van der Waals surface area contributed by atoms with E-state index in [0.29, 0.717) is 16.5 Å². The Morgan fingerprint density at radius 1 is 1.23 bits per heavy atom. The van der Waals surface area contributed by atoms with Crippen LogP contribution >= 0.6 is 11.6 Å². The Bertz CT molecular complexity index is 294. The van der Waals surface area contributed by atoms with Crippen LogP contribution in [0.25, 0.3) is 0 Å². The summed E-state index contributed by atoms with van der Waals surface area (Å²) in [5.41, 5.74) is 0.711. The quantitative estimate of drug-likeness (QED) is 0.670. The number of benzene rings is 1. The van der Waals surface area contributed by atoms with Gasteiger partial charge in [0.25, 0.3) is 0 Å². The van der Waals surface area contributed by atoms with Gasteiger partial charge in [0, 0.05) is 5.02 Å². The standard InChI is InChI=1S/C11H14ClF/c1-7(2)8(3)10-6-9(12)4-5-11(10)13/h4-8H,1-3H3. The highest BCUT2D eigenvalue weighted by Gasteiger charge is 2.14. The summed E-state index contributed by atoms with van der Waals surface area (Å²) in [7, 11) is 0. The predicted octanol–water partition coefficient (Wildman–Crippen LogP) is 4.24. The first-order valence-electron chi connectivity index (χ1n) is 4.47. The fraction of sp³-hybridized carbons (Fsp3) is 0.455. The molecule has 0 saturated carbocycles. The summed E-state index contributed by atoms with van der Waals surface area (Å²) in [4.78, 5) is 0. The largest absolute Gasteiger partial charge is 0.207 e. The highest BCUT2D eigenvalue weighted by Crippen LogP contribution is 2.27. The van der Waals surface area contributed by atoms with Gasteiger partial charge in [0.1, 0.15) is 5.82 Å². The molecule has 0 spiro atoms. The van der Waals surface area contributed by atoms with E-state index in [-0.39, 0.29) is 11.7 Å². The van der Waals surface area contributed by atoms with E-state index in [4.69, 9.17) is 11.6 Å². The summed E-state index contributed by atoms with van der Waals surface area (Å²) in [5, 5.41) is 0.601. The van der Waals surface area contributed by atoms with Crippen molar-refractivity contribution in [3.8, 4) is 0 Å². The molecular weight excluding hydrogens is 187 g/mol. The molecule has 1 unspecified atom stereocenters. The normalized spacial score (nSPS) is 13.4.